The Morgan fingerprint density at radius 2 is 1.60 bits per heavy atom. The van der Waals surface area contributed by atoms with Crippen molar-refractivity contribution in [2.45, 2.75) is 6.61 Å². The van der Waals surface area contributed by atoms with Gasteiger partial charge in [0.1, 0.15) is 6.61 Å². The van der Waals surface area contributed by atoms with E-state index in [-0.39, 0.29) is 6.61 Å². The van der Waals surface area contributed by atoms with Crippen LogP contribution in [0.2, 0.25) is 0 Å². The van der Waals surface area contributed by atoms with Crippen molar-refractivity contribution < 1.29 is 9.53 Å². The third-order valence-electron chi connectivity index (χ3n) is 3.63. The molecule has 25 heavy (non-hydrogen) atoms. The summed E-state index contributed by atoms with van der Waals surface area (Å²) in [6.45, 7) is 0.191. The maximum atomic E-state index is 12.0. The number of amides is 1. The quantitative estimate of drug-likeness (QED) is 0.735. The molecule has 1 N–H and O–H groups in total. The number of ether oxygens (including phenoxy) is 1. The van der Waals surface area contributed by atoms with Crippen LogP contribution < -0.4 is 5.32 Å². The predicted molar refractivity (Wildman–Crippen MR) is 96.8 cm³/mol. The zero-order valence-corrected chi connectivity index (χ0v) is 13.5. The van der Waals surface area contributed by atoms with Gasteiger partial charge in [0, 0.05) is 5.69 Å². The van der Waals surface area contributed by atoms with E-state index in [1.165, 1.54) is 0 Å². The van der Waals surface area contributed by atoms with Crippen molar-refractivity contribution in [1.29, 1.82) is 5.26 Å². The number of hydrogen-bond acceptors (Lipinski definition) is 3. The molecular weight excluding hydrogens is 312 g/mol. The Balaban J connectivity index is 1.73. The third kappa shape index (κ3) is 4.46. The lowest BCUT2D eigenvalue weighted by molar-refractivity contribution is 0.155. The molecule has 0 atom stereocenters. The molecule has 0 saturated heterocycles. The van der Waals surface area contributed by atoms with Crippen LogP contribution in [0.5, 0.6) is 0 Å². The maximum absolute atomic E-state index is 12.0. The molecule has 0 aromatic heterocycles. The average Bonchev–Trinajstić information content (AvgIpc) is 2.67. The first-order valence-corrected chi connectivity index (χ1v) is 7.83. The van der Waals surface area contributed by atoms with Crippen LogP contribution in [-0.2, 0) is 11.3 Å². The molecule has 3 aromatic rings. The molecule has 0 spiro atoms. The third-order valence-corrected chi connectivity index (χ3v) is 3.63. The van der Waals surface area contributed by atoms with Gasteiger partial charge in [-0.1, -0.05) is 60.7 Å². The smallest absolute Gasteiger partial charge is 0.411 e. The largest absolute Gasteiger partial charge is 0.444 e. The van der Waals surface area contributed by atoms with E-state index in [1.54, 1.807) is 12.1 Å². The summed E-state index contributed by atoms with van der Waals surface area (Å²) in [7, 11) is 0. The monoisotopic (exact) mass is 328 g/mol. The van der Waals surface area contributed by atoms with Gasteiger partial charge >= 0.3 is 6.09 Å². The Bertz CT molecular complexity index is 900. The molecular formula is C21H16N2O2. The van der Waals surface area contributed by atoms with Gasteiger partial charge in [-0.25, -0.2) is 4.79 Å². The summed E-state index contributed by atoms with van der Waals surface area (Å²) in [4.78, 5) is 12.0. The first-order valence-electron chi connectivity index (χ1n) is 7.83. The van der Waals surface area contributed by atoms with E-state index in [1.807, 2.05) is 66.7 Å². The summed E-state index contributed by atoms with van der Waals surface area (Å²) in [6, 6.07) is 26.5. The van der Waals surface area contributed by atoms with Crippen molar-refractivity contribution in [2.24, 2.45) is 0 Å². The molecule has 4 heteroatoms. The lowest BCUT2D eigenvalue weighted by atomic mass is 10.0. The van der Waals surface area contributed by atoms with Crippen LogP contribution in [-0.4, -0.2) is 6.09 Å². The Morgan fingerprint density at radius 1 is 0.920 bits per heavy atom. The number of hydrogen-bond donors (Lipinski definition) is 1. The predicted octanol–water partition coefficient (Wildman–Crippen LogP) is 4.97. The fourth-order valence-corrected chi connectivity index (χ4v) is 2.44. The molecule has 0 radical (unpaired) electrons. The normalized spacial score (nSPS) is 9.88. The fraction of sp³-hybridized carbons (Fsp3) is 0.0476. The summed E-state index contributed by atoms with van der Waals surface area (Å²) >= 11 is 0. The zero-order chi connectivity index (χ0) is 17.5. The Hall–Kier alpha value is -3.58. The number of benzene rings is 3. The van der Waals surface area contributed by atoms with E-state index >= 15 is 0 Å². The van der Waals surface area contributed by atoms with Gasteiger partial charge in [-0.15, -0.1) is 0 Å². The van der Waals surface area contributed by atoms with Crippen molar-refractivity contribution in [1.82, 2.24) is 0 Å². The van der Waals surface area contributed by atoms with Crippen molar-refractivity contribution >= 4 is 11.8 Å². The molecule has 0 aliphatic heterocycles. The number of carbonyl (C=O) groups excluding carboxylic acids is 1. The van der Waals surface area contributed by atoms with Crippen LogP contribution in [0.1, 0.15) is 11.1 Å². The molecule has 0 aliphatic rings. The summed E-state index contributed by atoms with van der Waals surface area (Å²) in [5, 5.41) is 11.9. The number of rotatable bonds is 4. The highest BCUT2D eigenvalue weighted by Gasteiger charge is 2.08. The van der Waals surface area contributed by atoms with Crippen molar-refractivity contribution in [3.8, 4) is 17.2 Å². The van der Waals surface area contributed by atoms with Gasteiger partial charge in [0.05, 0.1) is 11.6 Å². The minimum Gasteiger partial charge on any atom is -0.444 e. The number of nitrogens with one attached hydrogen (secondary N) is 1. The lowest BCUT2D eigenvalue weighted by Crippen LogP contribution is -2.13. The molecule has 0 bridgehead atoms. The lowest BCUT2D eigenvalue weighted by Gasteiger charge is -2.10. The topological polar surface area (TPSA) is 62.1 Å². The van der Waals surface area contributed by atoms with Crippen LogP contribution in [0, 0.1) is 11.3 Å². The standard InChI is InChI=1S/C21H16N2O2/c22-14-17-11-19(18-9-5-2-6-10-18)13-20(12-17)23-21(24)25-15-16-7-3-1-4-8-16/h1-13H,15H2,(H,23,24). The van der Waals surface area contributed by atoms with E-state index in [0.29, 0.717) is 11.3 Å². The number of carbonyl (C=O) groups is 1. The van der Waals surface area contributed by atoms with Crippen molar-refractivity contribution in [3.05, 3.63) is 90.0 Å². The van der Waals surface area contributed by atoms with E-state index in [0.717, 1.165) is 16.7 Å². The number of nitrogens with zero attached hydrogens (tertiary/aromatic N) is 1. The maximum Gasteiger partial charge on any atom is 0.411 e. The fourth-order valence-electron chi connectivity index (χ4n) is 2.44. The first kappa shape index (κ1) is 16.3. The SMILES string of the molecule is N#Cc1cc(NC(=O)OCc2ccccc2)cc(-c2ccccc2)c1. The van der Waals surface area contributed by atoms with Gasteiger partial charge in [-0.05, 0) is 34.9 Å². The van der Waals surface area contributed by atoms with E-state index < -0.39 is 6.09 Å². The van der Waals surface area contributed by atoms with Gasteiger partial charge in [0.25, 0.3) is 0 Å². The molecule has 4 nitrogen and oxygen atoms in total. The van der Waals surface area contributed by atoms with Crippen LogP contribution >= 0.6 is 0 Å². The Kier molecular flexibility index (Phi) is 5.08. The molecule has 0 unspecified atom stereocenters. The molecule has 0 saturated carbocycles. The highest BCUT2D eigenvalue weighted by atomic mass is 16.5. The van der Waals surface area contributed by atoms with Crippen molar-refractivity contribution in [2.75, 3.05) is 5.32 Å². The first-order chi connectivity index (χ1) is 12.2. The summed E-state index contributed by atoms with van der Waals surface area (Å²) in [5.74, 6) is 0. The Morgan fingerprint density at radius 3 is 2.28 bits per heavy atom. The van der Waals surface area contributed by atoms with Crippen LogP contribution in [0.4, 0.5) is 10.5 Å². The average molecular weight is 328 g/mol. The van der Waals surface area contributed by atoms with Crippen molar-refractivity contribution in [3.63, 3.8) is 0 Å². The molecule has 0 heterocycles. The van der Waals surface area contributed by atoms with Crippen LogP contribution in [0.15, 0.2) is 78.9 Å². The second-order valence-electron chi connectivity index (χ2n) is 5.46. The summed E-state index contributed by atoms with van der Waals surface area (Å²) in [6.07, 6.45) is -0.557. The van der Waals surface area contributed by atoms with Gasteiger partial charge in [-0.3, -0.25) is 5.32 Å². The Labute approximate surface area is 146 Å². The molecule has 0 aliphatic carbocycles. The number of anilines is 1. The van der Waals surface area contributed by atoms with Crippen LogP contribution in [0.3, 0.4) is 0 Å². The highest BCUT2D eigenvalue weighted by Crippen LogP contribution is 2.24. The van der Waals surface area contributed by atoms with Gasteiger partial charge in [0.15, 0.2) is 0 Å². The summed E-state index contributed by atoms with van der Waals surface area (Å²) in [5.41, 5.74) is 3.74. The minimum atomic E-state index is -0.557. The summed E-state index contributed by atoms with van der Waals surface area (Å²) < 4.78 is 5.22. The molecule has 3 rings (SSSR count). The van der Waals surface area contributed by atoms with E-state index in [9.17, 15) is 10.1 Å². The van der Waals surface area contributed by atoms with Gasteiger partial charge in [0.2, 0.25) is 0 Å². The molecule has 3 aromatic carbocycles. The van der Waals surface area contributed by atoms with Gasteiger partial charge in [-0.2, -0.15) is 5.26 Å². The van der Waals surface area contributed by atoms with Gasteiger partial charge < -0.3 is 4.74 Å². The second-order valence-corrected chi connectivity index (χ2v) is 5.46. The number of nitriles is 1. The highest BCUT2D eigenvalue weighted by molar-refractivity contribution is 5.86. The molecule has 122 valence electrons. The molecule has 1 amide bonds. The van der Waals surface area contributed by atoms with E-state index in [2.05, 4.69) is 11.4 Å². The molecule has 0 fully saturated rings. The minimum absolute atomic E-state index is 0.191. The zero-order valence-electron chi connectivity index (χ0n) is 13.5. The van der Waals surface area contributed by atoms with Crippen LogP contribution in [0.25, 0.3) is 11.1 Å². The second kappa shape index (κ2) is 7.80. The van der Waals surface area contributed by atoms with E-state index in [4.69, 9.17) is 4.74 Å².